The number of hydrogen-bond donors (Lipinski definition) is 1. The number of ether oxygens (including phenoxy) is 1. The van der Waals surface area contributed by atoms with Gasteiger partial charge in [0.15, 0.2) is 0 Å². The number of benzene rings is 1. The lowest BCUT2D eigenvalue weighted by atomic mass is 10.1. The molecule has 2 N–H and O–H groups in total. The fourth-order valence-corrected chi connectivity index (χ4v) is 2.55. The van der Waals surface area contributed by atoms with Gasteiger partial charge in [-0.15, -0.1) is 0 Å². The van der Waals surface area contributed by atoms with E-state index in [0.717, 1.165) is 31.8 Å². The summed E-state index contributed by atoms with van der Waals surface area (Å²) >= 11 is 0. The summed E-state index contributed by atoms with van der Waals surface area (Å²) in [7, 11) is 5.86. The van der Waals surface area contributed by atoms with Crippen LogP contribution < -0.4 is 15.4 Å². The molecule has 2 rings (SSSR count). The summed E-state index contributed by atoms with van der Waals surface area (Å²) in [5, 5.41) is 0. The summed E-state index contributed by atoms with van der Waals surface area (Å²) in [6.45, 7) is 2.96. The first-order valence-corrected chi connectivity index (χ1v) is 6.43. The molecule has 0 amide bonds. The minimum absolute atomic E-state index is 0.322. The molecule has 1 aliphatic rings. The fraction of sp³-hybridized carbons (Fsp3) is 0.571. The standard InChI is InChI=1S/C14H23N3O/c1-16(2)13-5-4-6-14(18-3)12(13)10-17-8-7-11(15)9-17/h4-6,11H,7-10,15H2,1-3H3. The van der Waals surface area contributed by atoms with E-state index in [1.54, 1.807) is 7.11 Å². The zero-order valence-corrected chi connectivity index (χ0v) is 11.5. The zero-order valence-electron chi connectivity index (χ0n) is 11.5. The molecule has 1 aromatic carbocycles. The maximum atomic E-state index is 5.96. The van der Waals surface area contributed by atoms with E-state index < -0.39 is 0 Å². The van der Waals surface area contributed by atoms with Gasteiger partial charge in [0.05, 0.1) is 7.11 Å². The molecule has 0 radical (unpaired) electrons. The highest BCUT2D eigenvalue weighted by molar-refractivity contribution is 5.58. The lowest BCUT2D eigenvalue weighted by Crippen LogP contribution is -2.27. The van der Waals surface area contributed by atoms with E-state index in [4.69, 9.17) is 10.5 Å². The molecule has 1 saturated heterocycles. The van der Waals surface area contributed by atoms with Crippen LogP contribution in [-0.2, 0) is 6.54 Å². The molecule has 1 fully saturated rings. The quantitative estimate of drug-likeness (QED) is 0.873. The Morgan fingerprint density at radius 2 is 2.22 bits per heavy atom. The molecule has 4 heteroatoms. The molecule has 0 aliphatic carbocycles. The van der Waals surface area contributed by atoms with Gasteiger partial charge < -0.3 is 15.4 Å². The summed E-state index contributed by atoms with van der Waals surface area (Å²) in [6.07, 6.45) is 1.09. The molecule has 0 aromatic heterocycles. The predicted molar refractivity (Wildman–Crippen MR) is 75.2 cm³/mol. The van der Waals surface area contributed by atoms with Crippen LogP contribution in [0.2, 0.25) is 0 Å². The summed E-state index contributed by atoms with van der Waals surface area (Å²) in [5.74, 6) is 0.960. The molecule has 0 spiro atoms. The van der Waals surface area contributed by atoms with Gasteiger partial charge in [0.2, 0.25) is 0 Å². The molecule has 1 unspecified atom stereocenters. The maximum absolute atomic E-state index is 5.96. The Labute approximate surface area is 109 Å². The van der Waals surface area contributed by atoms with E-state index in [9.17, 15) is 0 Å². The van der Waals surface area contributed by atoms with Crippen molar-refractivity contribution in [2.75, 3.05) is 39.2 Å². The summed E-state index contributed by atoms with van der Waals surface area (Å²) in [6, 6.07) is 6.52. The van der Waals surface area contributed by atoms with Crippen LogP contribution in [-0.4, -0.2) is 45.2 Å². The molecule has 1 aromatic rings. The predicted octanol–water partition coefficient (Wildman–Crippen LogP) is 1.29. The Kier molecular flexibility index (Phi) is 4.09. The first-order valence-electron chi connectivity index (χ1n) is 6.43. The van der Waals surface area contributed by atoms with Gasteiger partial charge in [0.1, 0.15) is 5.75 Å². The van der Waals surface area contributed by atoms with Crippen molar-refractivity contribution in [2.24, 2.45) is 5.73 Å². The number of rotatable bonds is 4. The van der Waals surface area contributed by atoms with E-state index in [1.807, 2.05) is 12.1 Å². The minimum atomic E-state index is 0.322. The fourth-order valence-electron chi connectivity index (χ4n) is 2.55. The second-order valence-corrected chi connectivity index (χ2v) is 5.14. The first-order chi connectivity index (χ1) is 8.61. The molecule has 0 saturated carbocycles. The molecule has 0 bridgehead atoms. The monoisotopic (exact) mass is 249 g/mol. The van der Waals surface area contributed by atoms with Crippen LogP contribution in [0.15, 0.2) is 18.2 Å². The maximum Gasteiger partial charge on any atom is 0.125 e. The van der Waals surface area contributed by atoms with Gasteiger partial charge >= 0.3 is 0 Å². The van der Waals surface area contributed by atoms with Crippen LogP contribution >= 0.6 is 0 Å². The van der Waals surface area contributed by atoms with Crippen molar-refractivity contribution in [1.29, 1.82) is 0 Å². The summed E-state index contributed by atoms with van der Waals surface area (Å²) < 4.78 is 5.49. The van der Waals surface area contributed by atoms with Crippen molar-refractivity contribution in [2.45, 2.75) is 19.0 Å². The third-order valence-corrected chi connectivity index (χ3v) is 3.50. The number of anilines is 1. The third kappa shape index (κ3) is 2.76. The van der Waals surface area contributed by atoms with E-state index >= 15 is 0 Å². The van der Waals surface area contributed by atoms with Crippen LogP contribution in [0.1, 0.15) is 12.0 Å². The van der Waals surface area contributed by atoms with Gasteiger partial charge in [-0.25, -0.2) is 0 Å². The van der Waals surface area contributed by atoms with Crippen LogP contribution in [0.25, 0.3) is 0 Å². The van der Waals surface area contributed by atoms with Crippen molar-refractivity contribution in [3.8, 4) is 5.75 Å². The van der Waals surface area contributed by atoms with Crippen LogP contribution in [0, 0.1) is 0 Å². The van der Waals surface area contributed by atoms with Gasteiger partial charge in [0, 0.05) is 51.0 Å². The lowest BCUT2D eigenvalue weighted by molar-refractivity contribution is 0.317. The Hall–Kier alpha value is -1.26. The number of hydrogen-bond acceptors (Lipinski definition) is 4. The van der Waals surface area contributed by atoms with Crippen LogP contribution in [0.5, 0.6) is 5.75 Å². The topological polar surface area (TPSA) is 41.7 Å². The smallest absolute Gasteiger partial charge is 0.125 e. The summed E-state index contributed by atoms with van der Waals surface area (Å²) in [5.41, 5.74) is 8.43. The summed E-state index contributed by atoms with van der Waals surface area (Å²) in [4.78, 5) is 4.53. The second-order valence-electron chi connectivity index (χ2n) is 5.14. The lowest BCUT2D eigenvalue weighted by Gasteiger charge is -2.23. The van der Waals surface area contributed by atoms with E-state index in [1.165, 1.54) is 11.3 Å². The molecule has 1 aliphatic heterocycles. The van der Waals surface area contributed by atoms with Gasteiger partial charge in [0.25, 0.3) is 0 Å². The zero-order chi connectivity index (χ0) is 13.1. The SMILES string of the molecule is COc1cccc(N(C)C)c1CN1CCC(N)C1. The van der Waals surface area contributed by atoms with E-state index in [-0.39, 0.29) is 0 Å². The van der Waals surface area contributed by atoms with Crippen LogP contribution in [0.3, 0.4) is 0 Å². The van der Waals surface area contributed by atoms with E-state index in [2.05, 4.69) is 30.0 Å². The molecular weight excluding hydrogens is 226 g/mol. The van der Waals surface area contributed by atoms with Crippen molar-refractivity contribution in [3.05, 3.63) is 23.8 Å². The van der Waals surface area contributed by atoms with Crippen molar-refractivity contribution >= 4 is 5.69 Å². The highest BCUT2D eigenvalue weighted by atomic mass is 16.5. The number of nitrogens with zero attached hydrogens (tertiary/aromatic N) is 2. The molecule has 1 heterocycles. The highest BCUT2D eigenvalue weighted by Crippen LogP contribution is 2.30. The van der Waals surface area contributed by atoms with Gasteiger partial charge in [-0.1, -0.05) is 6.07 Å². The average molecular weight is 249 g/mol. The van der Waals surface area contributed by atoms with Crippen LogP contribution in [0.4, 0.5) is 5.69 Å². The number of nitrogens with two attached hydrogens (primary N) is 1. The molecule has 1 atom stereocenters. The molecule has 100 valence electrons. The van der Waals surface area contributed by atoms with Crippen molar-refractivity contribution < 1.29 is 4.74 Å². The van der Waals surface area contributed by atoms with Gasteiger partial charge in [-0.05, 0) is 18.6 Å². The molecular formula is C14H23N3O. The van der Waals surface area contributed by atoms with Gasteiger partial charge in [-0.2, -0.15) is 0 Å². The third-order valence-electron chi connectivity index (χ3n) is 3.50. The molecule has 4 nitrogen and oxygen atoms in total. The Balaban J connectivity index is 2.23. The van der Waals surface area contributed by atoms with Crippen molar-refractivity contribution in [1.82, 2.24) is 4.90 Å². The number of methoxy groups -OCH3 is 1. The first kappa shape index (κ1) is 13.2. The molecule has 18 heavy (non-hydrogen) atoms. The Morgan fingerprint density at radius 1 is 1.44 bits per heavy atom. The Morgan fingerprint density at radius 3 is 2.78 bits per heavy atom. The van der Waals surface area contributed by atoms with Crippen molar-refractivity contribution in [3.63, 3.8) is 0 Å². The largest absolute Gasteiger partial charge is 0.496 e. The van der Waals surface area contributed by atoms with E-state index in [0.29, 0.717) is 6.04 Å². The van der Waals surface area contributed by atoms with Gasteiger partial charge in [-0.3, -0.25) is 4.90 Å². The minimum Gasteiger partial charge on any atom is -0.496 e. The highest BCUT2D eigenvalue weighted by Gasteiger charge is 2.21. The normalized spacial score (nSPS) is 20.1. The average Bonchev–Trinajstić information content (AvgIpc) is 2.75. The Bertz CT molecular complexity index is 406. The second kappa shape index (κ2) is 5.59. The number of likely N-dealkylation sites (tertiary alicyclic amines) is 1.